The highest BCUT2D eigenvalue weighted by molar-refractivity contribution is 6.75. The Bertz CT molecular complexity index is 872. The zero-order valence-electron chi connectivity index (χ0n) is 20.3. The van der Waals surface area contributed by atoms with Crippen molar-refractivity contribution in [3.8, 4) is 0 Å². The molecule has 0 atom stereocenters. The van der Waals surface area contributed by atoms with Crippen LogP contribution in [0.1, 0.15) is 38.8 Å². The second-order valence-electron chi connectivity index (χ2n) is 7.87. The Hall–Kier alpha value is -2.45. The zero-order chi connectivity index (χ0) is 26.1. The highest BCUT2D eigenvalue weighted by Crippen LogP contribution is 2.17. The molecule has 2 nitrogen and oxygen atoms in total. The van der Waals surface area contributed by atoms with Crippen LogP contribution >= 0.6 is 0 Å². The van der Waals surface area contributed by atoms with E-state index < -0.39 is 24.9 Å². The molecule has 0 bridgehead atoms. The maximum absolute atomic E-state index is 13.0. The van der Waals surface area contributed by atoms with Gasteiger partial charge in [0.05, 0.1) is 26.2 Å². The second-order valence-corrected chi connectivity index (χ2v) is 7.87. The summed E-state index contributed by atoms with van der Waals surface area (Å²) in [4.78, 5) is 1.68. The third kappa shape index (κ3) is 7.81. The van der Waals surface area contributed by atoms with Crippen molar-refractivity contribution in [2.45, 2.75) is 27.7 Å². The second kappa shape index (κ2) is 12.9. The van der Waals surface area contributed by atoms with Gasteiger partial charge in [-0.1, -0.05) is 37.4 Å². The molecule has 0 radical (unpaired) electrons. The van der Waals surface area contributed by atoms with E-state index in [1.165, 1.54) is 24.3 Å². The molecule has 0 amide bonds. The van der Waals surface area contributed by atoms with Crippen LogP contribution in [0.3, 0.4) is 0 Å². The molecule has 0 saturated heterocycles. The summed E-state index contributed by atoms with van der Waals surface area (Å²) in [5.41, 5.74) is 0.701. The summed E-state index contributed by atoms with van der Waals surface area (Å²) < 4.78 is 78.1. The third-order valence-electron chi connectivity index (χ3n) is 5.80. The molecule has 0 aliphatic rings. The topological polar surface area (TPSA) is 8.88 Å². The number of quaternary nitrogens is 2. The molecular formula is C24H34B2F6N2. The highest BCUT2D eigenvalue weighted by atomic mass is 19.4. The molecule has 0 aliphatic carbocycles. The molecule has 0 unspecified atom stereocenters. The van der Waals surface area contributed by atoms with E-state index in [4.69, 9.17) is 0 Å². The van der Waals surface area contributed by atoms with Crippen LogP contribution in [-0.4, -0.2) is 40.1 Å². The summed E-state index contributed by atoms with van der Waals surface area (Å²) in [5.74, 6) is 0. The lowest BCUT2D eigenvalue weighted by Gasteiger charge is -2.24. The molecule has 0 heterocycles. The van der Waals surface area contributed by atoms with Crippen LogP contribution in [0.15, 0.2) is 49.6 Å². The fourth-order valence-electron chi connectivity index (χ4n) is 3.86. The van der Waals surface area contributed by atoms with Crippen LogP contribution in [-0.2, 0) is 0 Å². The first-order valence-corrected chi connectivity index (χ1v) is 11.5. The van der Waals surface area contributed by atoms with E-state index in [2.05, 4.69) is 13.2 Å². The first-order valence-electron chi connectivity index (χ1n) is 11.5. The Morgan fingerprint density at radius 3 is 1.12 bits per heavy atom. The van der Waals surface area contributed by atoms with E-state index >= 15 is 0 Å². The van der Waals surface area contributed by atoms with Gasteiger partial charge in [-0.3, -0.25) is 0 Å². The normalized spacial score (nSPS) is 11.9. The minimum atomic E-state index is -4.98. The average Bonchev–Trinajstić information content (AvgIpc) is 2.80. The largest absolute Gasteiger partial charge is 0.515 e. The van der Waals surface area contributed by atoms with Crippen molar-refractivity contribution in [2.75, 3.05) is 26.2 Å². The first kappa shape index (κ1) is 29.6. The van der Waals surface area contributed by atoms with E-state index in [9.17, 15) is 25.9 Å². The van der Waals surface area contributed by atoms with Crippen LogP contribution in [0, 0.1) is 0 Å². The van der Waals surface area contributed by atoms with Gasteiger partial charge in [0.2, 0.25) is 0 Å². The Morgan fingerprint density at radius 2 is 0.912 bits per heavy atom. The van der Waals surface area contributed by atoms with Crippen molar-refractivity contribution in [3.05, 3.63) is 60.7 Å². The van der Waals surface area contributed by atoms with E-state index in [1.54, 1.807) is 24.3 Å². The maximum Gasteiger partial charge on any atom is 0.515 e. The summed E-state index contributed by atoms with van der Waals surface area (Å²) in [6.07, 6.45) is 2.87. The van der Waals surface area contributed by atoms with Crippen LogP contribution < -0.4 is 20.7 Å². The number of hydrogen-bond acceptors (Lipinski definition) is 0. The average molecular weight is 486 g/mol. The predicted molar refractivity (Wildman–Crippen MR) is 134 cm³/mol. The lowest BCUT2D eigenvalue weighted by molar-refractivity contribution is -0.828. The Labute approximate surface area is 199 Å². The van der Waals surface area contributed by atoms with Gasteiger partial charge in [0.1, 0.15) is 11.4 Å². The fraction of sp³-hybridized carbons (Fsp3) is 0.333. The molecule has 34 heavy (non-hydrogen) atoms. The molecule has 0 saturated carbocycles. The van der Waals surface area contributed by atoms with Crippen LogP contribution in [0.2, 0.25) is 0 Å². The predicted octanol–water partition coefficient (Wildman–Crippen LogP) is 3.88. The molecule has 0 aliphatic heterocycles. The van der Waals surface area contributed by atoms with Crippen molar-refractivity contribution < 1.29 is 35.7 Å². The van der Waals surface area contributed by atoms with Gasteiger partial charge < -0.3 is 35.7 Å². The van der Waals surface area contributed by atoms with Gasteiger partial charge >= 0.3 is 14.0 Å². The minimum absolute atomic E-state index is 0.341. The monoisotopic (exact) mass is 486 g/mol. The number of nitrogens with one attached hydrogen (secondary N) is 2. The number of halogens is 6. The molecule has 2 rings (SSSR count). The zero-order valence-corrected chi connectivity index (χ0v) is 20.3. The molecule has 2 aromatic carbocycles. The molecule has 0 aromatic heterocycles. The summed E-state index contributed by atoms with van der Waals surface area (Å²) in [6, 6.07) is 8.85. The Morgan fingerprint density at radius 1 is 0.618 bits per heavy atom. The van der Waals surface area contributed by atoms with E-state index in [0.29, 0.717) is 48.7 Å². The van der Waals surface area contributed by atoms with Gasteiger partial charge in [-0.05, 0) is 74.0 Å². The van der Waals surface area contributed by atoms with Crippen LogP contribution in [0.5, 0.6) is 0 Å². The van der Waals surface area contributed by atoms with Crippen LogP contribution in [0.4, 0.5) is 37.3 Å². The molecular weight excluding hydrogens is 452 g/mol. The van der Waals surface area contributed by atoms with E-state index in [1.807, 2.05) is 27.7 Å². The lowest BCUT2D eigenvalue weighted by atomic mass is 9.77. The number of hydrogen-bond donors (Lipinski definition) is 2. The fourth-order valence-corrected chi connectivity index (χ4v) is 3.86. The Balaban J connectivity index is 0.000000340. The third-order valence-corrected chi connectivity index (χ3v) is 5.80. The highest BCUT2D eigenvalue weighted by Gasteiger charge is 2.33. The van der Waals surface area contributed by atoms with Gasteiger partial charge in [0, 0.05) is 0 Å². The van der Waals surface area contributed by atoms with E-state index in [0.717, 1.165) is 9.80 Å². The van der Waals surface area contributed by atoms with Gasteiger partial charge in [-0.25, -0.2) is 0 Å². The smallest absolute Gasteiger partial charge is 0.445 e. The first-order chi connectivity index (χ1) is 15.9. The quantitative estimate of drug-likeness (QED) is 0.373. The molecule has 2 aromatic rings. The molecule has 188 valence electrons. The molecule has 10 heteroatoms. The van der Waals surface area contributed by atoms with Crippen molar-refractivity contribution in [2.24, 2.45) is 0 Å². The summed E-state index contributed by atoms with van der Waals surface area (Å²) in [5, 5.41) is 0. The molecule has 0 fully saturated rings. The van der Waals surface area contributed by atoms with Crippen molar-refractivity contribution in [3.63, 3.8) is 0 Å². The van der Waals surface area contributed by atoms with Gasteiger partial charge in [-0.2, -0.15) is 0 Å². The number of rotatable bonds is 10. The maximum atomic E-state index is 13.0. The number of benzene rings is 2. The van der Waals surface area contributed by atoms with Gasteiger partial charge in [-0.15, -0.1) is 0 Å². The van der Waals surface area contributed by atoms with Crippen molar-refractivity contribution in [1.29, 1.82) is 0 Å². The molecule has 2 N–H and O–H groups in total. The Kier molecular flexibility index (Phi) is 11.2. The SMILES string of the molecule is C=Cc1ccc([NH+](CC)CC)c([B-](F)(F)F)c1.C=Cc1ccc([NH+](CC)CC)c([B-](F)(F)F)c1. The van der Waals surface area contributed by atoms with Crippen molar-refractivity contribution in [1.82, 2.24) is 0 Å². The van der Waals surface area contributed by atoms with Gasteiger partial charge in [0.25, 0.3) is 0 Å². The van der Waals surface area contributed by atoms with Gasteiger partial charge in [0.15, 0.2) is 0 Å². The summed E-state index contributed by atoms with van der Waals surface area (Å²) in [7, 11) is 0. The molecule has 0 spiro atoms. The van der Waals surface area contributed by atoms with E-state index in [-0.39, 0.29) is 0 Å². The minimum Gasteiger partial charge on any atom is -0.445 e. The summed E-state index contributed by atoms with van der Waals surface area (Å²) >= 11 is 0. The summed E-state index contributed by atoms with van der Waals surface area (Å²) in [6.45, 7) is 7.14. The van der Waals surface area contributed by atoms with Crippen molar-refractivity contribution >= 4 is 48.4 Å². The lowest BCUT2D eigenvalue weighted by Crippen LogP contribution is -3.07. The standard InChI is InChI=1S/2C12H16BF3N/c2*1-4-10-7-8-12(17(5-2)6-3)11(9-10)13(14,15)16/h2*4,7-9H,1,5-6H2,2-3H3/q2*-1/p+2. The van der Waals surface area contributed by atoms with Crippen LogP contribution in [0.25, 0.3) is 12.2 Å².